The van der Waals surface area contributed by atoms with Crippen molar-refractivity contribution in [3.63, 3.8) is 0 Å². The van der Waals surface area contributed by atoms with Gasteiger partial charge in [0.15, 0.2) is 0 Å². The van der Waals surface area contributed by atoms with Gasteiger partial charge in [-0.2, -0.15) is 0 Å². The fraction of sp³-hybridized carbons (Fsp3) is 0.254. The first-order valence-corrected chi connectivity index (χ1v) is 24.6. The Bertz CT molecular complexity index is 3160. The van der Waals surface area contributed by atoms with Crippen LogP contribution in [0.4, 0.5) is 16.2 Å². The van der Waals surface area contributed by atoms with Crippen LogP contribution in [0, 0.1) is 27.9 Å². The number of nitrogens with zero attached hydrogens (tertiary/aromatic N) is 3. The average Bonchev–Trinajstić information content (AvgIpc) is 3.97. The smallest absolute Gasteiger partial charge is 0.421 e. The zero-order valence-corrected chi connectivity index (χ0v) is 40.1. The van der Waals surface area contributed by atoms with Gasteiger partial charge in [-0.05, 0) is 107 Å². The number of carbonyl (C=O) groups excluding carboxylic acids is 4. The molecule has 374 valence electrons. The molecular formula is C59H52N4O11. The van der Waals surface area contributed by atoms with Crippen LogP contribution in [0.3, 0.4) is 0 Å². The van der Waals surface area contributed by atoms with Gasteiger partial charge in [0.1, 0.15) is 36.5 Å². The molecule has 0 saturated carbocycles. The Hall–Kier alpha value is -8.42. The Morgan fingerprint density at radius 2 is 1.51 bits per heavy atom. The van der Waals surface area contributed by atoms with Crippen molar-refractivity contribution in [2.24, 2.45) is 5.92 Å². The second kappa shape index (κ2) is 21.3. The first-order chi connectivity index (χ1) is 36.1. The van der Waals surface area contributed by atoms with E-state index >= 15 is 14.4 Å². The molecule has 1 spiro atoms. The molecule has 3 N–H and O–H groups in total. The molecular weight excluding hydrogens is 941 g/mol. The summed E-state index contributed by atoms with van der Waals surface area (Å²) in [6, 6.07) is 41.1. The van der Waals surface area contributed by atoms with Gasteiger partial charge in [-0.15, -0.1) is 0 Å². The largest absolute Gasteiger partial charge is 0.491 e. The number of nitro groups is 1. The molecule has 0 bridgehead atoms. The first-order valence-electron chi connectivity index (χ1n) is 24.6. The number of esters is 1. The average molecular weight is 993 g/mol. The molecule has 74 heavy (non-hydrogen) atoms. The highest BCUT2D eigenvalue weighted by Crippen LogP contribution is 2.66. The quantitative estimate of drug-likeness (QED) is 0.0432. The third kappa shape index (κ3) is 9.31. The number of aliphatic hydroxyl groups excluding tert-OH is 2. The lowest BCUT2D eigenvalue weighted by molar-refractivity contribution is -0.384. The molecule has 2 saturated heterocycles. The van der Waals surface area contributed by atoms with Gasteiger partial charge >= 0.3 is 12.1 Å². The summed E-state index contributed by atoms with van der Waals surface area (Å²) in [7, 11) is 0. The molecule has 6 aromatic carbocycles. The third-order valence-electron chi connectivity index (χ3n) is 14.3. The van der Waals surface area contributed by atoms with Crippen LogP contribution in [0.2, 0.25) is 0 Å². The molecule has 6 aromatic rings. The Morgan fingerprint density at radius 3 is 2.18 bits per heavy atom. The number of morpholine rings is 1. The van der Waals surface area contributed by atoms with Crippen molar-refractivity contribution in [3.05, 3.63) is 218 Å². The zero-order valence-electron chi connectivity index (χ0n) is 40.1. The van der Waals surface area contributed by atoms with Crippen LogP contribution in [0.5, 0.6) is 5.75 Å². The van der Waals surface area contributed by atoms with Gasteiger partial charge in [-0.25, -0.2) is 9.69 Å². The van der Waals surface area contributed by atoms with Gasteiger partial charge in [0.2, 0.25) is 11.8 Å². The highest BCUT2D eigenvalue weighted by Gasteiger charge is 2.75. The van der Waals surface area contributed by atoms with Gasteiger partial charge in [-0.1, -0.05) is 121 Å². The van der Waals surface area contributed by atoms with Crippen LogP contribution >= 0.6 is 0 Å². The van der Waals surface area contributed by atoms with E-state index in [9.17, 15) is 25.1 Å². The Kier molecular flexibility index (Phi) is 14.2. The number of imide groups is 1. The van der Waals surface area contributed by atoms with Crippen LogP contribution in [0.25, 0.3) is 0 Å². The molecule has 10 rings (SSSR count). The van der Waals surface area contributed by atoms with Crippen molar-refractivity contribution in [1.82, 2.24) is 10.2 Å². The van der Waals surface area contributed by atoms with E-state index in [1.165, 1.54) is 24.3 Å². The number of allylic oxidation sites excluding steroid dienone is 2. The maximum Gasteiger partial charge on any atom is 0.421 e. The van der Waals surface area contributed by atoms with Crippen molar-refractivity contribution in [2.45, 2.75) is 68.0 Å². The van der Waals surface area contributed by atoms with Crippen molar-refractivity contribution >= 4 is 35.3 Å². The molecule has 15 heteroatoms. The Labute approximate surface area is 427 Å². The molecule has 15 nitrogen and oxygen atoms in total. The van der Waals surface area contributed by atoms with E-state index in [1.54, 1.807) is 72.8 Å². The molecule has 4 aliphatic rings. The normalized spacial score (nSPS) is 22.3. The lowest BCUT2D eigenvalue weighted by atomic mass is 9.65. The summed E-state index contributed by atoms with van der Waals surface area (Å²) in [5.41, 5.74) is 2.18. The number of fused-ring (bicyclic) bond motifs is 3. The number of nitro benzene ring substituents is 1. The predicted octanol–water partition coefficient (Wildman–Crippen LogP) is 8.67. The van der Waals surface area contributed by atoms with Crippen LogP contribution in [0.15, 0.2) is 169 Å². The van der Waals surface area contributed by atoms with Gasteiger partial charge in [0, 0.05) is 24.2 Å². The van der Waals surface area contributed by atoms with Gasteiger partial charge < -0.3 is 29.7 Å². The standard InChI is InChI=1S/C59H52N4O11/c64-33-34-72-46-30-26-44(27-31-46)54-59(47-35-39(22-21-38-13-5-1-6-14-38)25-32-48(47)61(57(59)68)58(69)73-37-40-23-28-45(29-24-40)63(70)71)50(55(66)60-36-49(65)41-15-7-2-8-16-41)52-56(67)74-53(43-19-11-4-12-20-43)51(62(52)54)42-17-9-3-10-18-42/h2-4,7-13,15-20,23-32,35,49-54,64-65H,1,5-6,14,33-34,36-37H2,(H,60,66). The highest BCUT2D eigenvalue weighted by atomic mass is 16.6. The number of carbonyl (C=O) groups is 4. The monoisotopic (exact) mass is 992 g/mol. The van der Waals surface area contributed by atoms with Crippen molar-refractivity contribution in [1.29, 1.82) is 0 Å². The predicted molar refractivity (Wildman–Crippen MR) is 272 cm³/mol. The number of benzene rings is 6. The van der Waals surface area contributed by atoms with Gasteiger partial charge in [0.05, 0.1) is 41.3 Å². The lowest BCUT2D eigenvalue weighted by Gasteiger charge is -2.46. The van der Waals surface area contributed by atoms with E-state index in [0.717, 1.165) is 36.2 Å². The number of rotatable bonds is 13. The molecule has 7 unspecified atom stereocenters. The number of anilines is 1. The molecule has 1 aliphatic carbocycles. The number of cyclic esters (lactones) is 1. The van der Waals surface area contributed by atoms with Crippen LogP contribution in [-0.4, -0.2) is 69.7 Å². The Morgan fingerprint density at radius 1 is 0.824 bits per heavy atom. The minimum atomic E-state index is -2.15. The second-order valence-corrected chi connectivity index (χ2v) is 18.7. The van der Waals surface area contributed by atoms with E-state index in [1.807, 2.05) is 65.6 Å². The van der Waals surface area contributed by atoms with E-state index in [-0.39, 0.29) is 43.3 Å². The maximum atomic E-state index is 16.6. The summed E-state index contributed by atoms with van der Waals surface area (Å²) < 4.78 is 18.3. The summed E-state index contributed by atoms with van der Waals surface area (Å²) in [4.78, 5) is 76.6. The highest BCUT2D eigenvalue weighted by molar-refractivity contribution is 6.23. The van der Waals surface area contributed by atoms with Gasteiger partial charge in [0.25, 0.3) is 5.69 Å². The maximum absolute atomic E-state index is 16.6. The topological polar surface area (TPSA) is 198 Å². The molecule has 7 atom stereocenters. The van der Waals surface area contributed by atoms with Gasteiger partial charge in [-0.3, -0.25) is 29.4 Å². The number of non-ortho nitro benzene ring substituents is 1. The fourth-order valence-electron chi connectivity index (χ4n) is 11.0. The first kappa shape index (κ1) is 49.2. The van der Waals surface area contributed by atoms with Crippen molar-refractivity contribution in [3.8, 4) is 17.6 Å². The summed E-state index contributed by atoms with van der Waals surface area (Å²) in [5, 5.41) is 35.5. The van der Waals surface area contributed by atoms with E-state index in [0.29, 0.717) is 39.1 Å². The molecule has 2 fully saturated rings. The lowest BCUT2D eigenvalue weighted by Crippen LogP contribution is -2.56. The SMILES string of the molecule is O=C1OC(c2ccccc2)C(c2ccccc2)N2C1C(C(=O)NCC(O)c1ccccc1)C1(C(=O)N(C(=O)OCc3ccc([N+](=O)[O-])cc3)c3ccc(C#CC4=CCCCC4)cc31)C2c1ccc(OCCO)cc1. The van der Waals surface area contributed by atoms with Crippen LogP contribution in [0.1, 0.15) is 88.9 Å². The summed E-state index contributed by atoms with van der Waals surface area (Å²) in [6.07, 6.45) is 2.58. The summed E-state index contributed by atoms with van der Waals surface area (Å²) in [6.45, 7) is -0.930. The second-order valence-electron chi connectivity index (χ2n) is 18.7. The number of amides is 3. The van der Waals surface area contributed by atoms with Crippen LogP contribution in [-0.2, 0) is 35.9 Å². The summed E-state index contributed by atoms with van der Waals surface area (Å²) >= 11 is 0. The Balaban J connectivity index is 1.21. The zero-order chi connectivity index (χ0) is 51.3. The number of hydrogen-bond acceptors (Lipinski definition) is 12. The number of ether oxygens (including phenoxy) is 3. The van der Waals surface area contributed by atoms with Crippen molar-refractivity contribution < 1.29 is 48.5 Å². The molecule has 0 aromatic heterocycles. The molecule has 0 radical (unpaired) electrons. The van der Waals surface area contributed by atoms with E-state index in [2.05, 4.69) is 23.2 Å². The van der Waals surface area contributed by atoms with Crippen molar-refractivity contribution in [2.75, 3.05) is 24.7 Å². The summed E-state index contributed by atoms with van der Waals surface area (Å²) in [5.74, 6) is 2.92. The van der Waals surface area contributed by atoms with Crippen LogP contribution < -0.4 is 15.0 Å². The minimum Gasteiger partial charge on any atom is -0.491 e. The molecule has 3 aliphatic heterocycles. The molecule has 3 heterocycles. The number of aliphatic hydroxyl groups is 2. The fourth-order valence-corrected chi connectivity index (χ4v) is 11.0. The van der Waals surface area contributed by atoms with E-state index in [4.69, 9.17) is 14.2 Å². The minimum absolute atomic E-state index is 0.00217. The number of nitrogens with one attached hydrogen (secondary N) is 1. The third-order valence-corrected chi connectivity index (χ3v) is 14.3. The number of hydrogen-bond donors (Lipinski definition) is 3. The van der Waals surface area contributed by atoms with E-state index < -0.39 is 70.5 Å². The molecule has 3 amide bonds.